The Balaban J connectivity index is 2.18. The molecule has 1 amide bonds. The Hall–Kier alpha value is -1.10. The van der Waals surface area contributed by atoms with E-state index in [1.807, 2.05) is 17.9 Å². The molecule has 1 aromatic heterocycles. The lowest BCUT2D eigenvalue weighted by Crippen LogP contribution is -2.41. The molecule has 0 saturated carbocycles. The van der Waals surface area contributed by atoms with Crippen LogP contribution in [0.4, 0.5) is 5.82 Å². The minimum atomic E-state index is 0.0743. The van der Waals surface area contributed by atoms with Gasteiger partial charge in [0.25, 0.3) is 5.91 Å². The minimum absolute atomic E-state index is 0.0743. The zero-order chi connectivity index (χ0) is 14.8. The zero-order valence-corrected chi connectivity index (χ0v) is 14.0. The SMILES string of the molecule is CCNc1ncc(Br)cc1C(=O)N1CCC(C)(C)CC1. The first-order chi connectivity index (χ1) is 9.43. The summed E-state index contributed by atoms with van der Waals surface area (Å²) in [7, 11) is 0. The van der Waals surface area contributed by atoms with Gasteiger partial charge in [-0.25, -0.2) is 4.98 Å². The maximum absolute atomic E-state index is 12.7. The Morgan fingerprint density at radius 3 is 2.70 bits per heavy atom. The summed E-state index contributed by atoms with van der Waals surface area (Å²) < 4.78 is 0.833. The predicted octanol–water partition coefficient (Wildman–Crippen LogP) is 3.54. The van der Waals surface area contributed by atoms with Crippen molar-refractivity contribution >= 4 is 27.7 Å². The molecule has 2 rings (SSSR count). The summed E-state index contributed by atoms with van der Waals surface area (Å²) in [5.41, 5.74) is 0.998. The molecule has 0 radical (unpaired) electrons. The van der Waals surface area contributed by atoms with Crippen LogP contribution < -0.4 is 5.32 Å². The van der Waals surface area contributed by atoms with Gasteiger partial charge >= 0.3 is 0 Å². The van der Waals surface area contributed by atoms with Crippen LogP contribution in [-0.4, -0.2) is 35.4 Å². The maximum atomic E-state index is 12.7. The number of piperidine rings is 1. The third-order valence-electron chi connectivity index (χ3n) is 3.83. The number of hydrogen-bond acceptors (Lipinski definition) is 3. The van der Waals surface area contributed by atoms with Crippen LogP contribution in [0, 0.1) is 5.41 Å². The molecule has 1 aromatic rings. The quantitative estimate of drug-likeness (QED) is 0.915. The van der Waals surface area contributed by atoms with E-state index >= 15 is 0 Å². The van der Waals surface area contributed by atoms with E-state index in [0.29, 0.717) is 16.8 Å². The highest BCUT2D eigenvalue weighted by atomic mass is 79.9. The second kappa shape index (κ2) is 6.12. The summed E-state index contributed by atoms with van der Waals surface area (Å²) in [4.78, 5) is 18.9. The number of nitrogens with zero attached hydrogens (tertiary/aromatic N) is 2. The van der Waals surface area contributed by atoms with Crippen LogP contribution in [0.1, 0.15) is 44.0 Å². The molecule has 1 saturated heterocycles. The molecule has 0 spiro atoms. The van der Waals surface area contributed by atoms with Crippen LogP contribution >= 0.6 is 15.9 Å². The fourth-order valence-electron chi connectivity index (χ4n) is 2.40. The lowest BCUT2D eigenvalue weighted by atomic mass is 9.82. The lowest BCUT2D eigenvalue weighted by molar-refractivity contribution is 0.0631. The molecule has 1 aliphatic rings. The third kappa shape index (κ3) is 3.51. The minimum Gasteiger partial charge on any atom is -0.370 e. The first-order valence-electron chi connectivity index (χ1n) is 7.11. The number of carbonyl (C=O) groups excluding carboxylic acids is 1. The summed E-state index contributed by atoms with van der Waals surface area (Å²) in [6, 6.07) is 1.85. The van der Waals surface area contributed by atoms with Crippen LogP contribution in [-0.2, 0) is 0 Å². The van der Waals surface area contributed by atoms with Gasteiger partial charge in [-0.1, -0.05) is 13.8 Å². The first-order valence-corrected chi connectivity index (χ1v) is 7.91. The normalized spacial score (nSPS) is 17.9. The predicted molar refractivity (Wildman–Crippen MR) is 85.0 cm³/mol. The van der Waals surface area contributed by atoms with Crippen molar-refractivity contribution in [2.75, 3.05) is 25.0 Å². The Kier molecular flexibility index (Phi) is 4.68. The molecule has 0 atom stereocenters. The van der Waals surface area contributed by atoms with Gasteiger partial charge in [-0.2, -0.15) is 0 Å². The monoisotopic (exact) mass is 339 g/mol. The van der Waals surface area contributed by atoms with Crippen molar-refractivity contribution in [1.29, 1.82) is 0 Å². The summed E-state index contributed by atoms with van der Waals surface area (Å²) in [5.74, 6) is 0.746. The second-order valence-corrected chi connectivity index (χ2v) is 6.95. The molecule has 1 fully saturated rings. The van der Waals surface area contributed by atoms with Gasteiger partial charge < -0.3 is 10.2 Å². The topological polar surface area (TPSA) is 45.2 Å². The van der Waals surface area contributed by atoms with Crippen molar-refractivity contribution in [3.8, 4) is 0 Å². The summed E-state index contributed by atoms with van der Waals surface area (Å²) in [5, 5.41) is 3.16. The van der Waals surface area contributed by atoms with Crippen LogP contribution in [0.3, 0.4) is 0 Å². The largest absolute Gasteiger partial charge is 0.370 e. The van der Waals surface area contributed by atoms with Crippen molar-refractivity contribution in [3.63, 3.8) is 0 Å². The molecule has 0 aromatic carbocycles. The lowest BCUT2D eigenvalue weighted by Gasteiger charge is -2.37. The van der Waals surface area contributed by atoms with Crippen molar-refractivity contribution in [2.24, 2.45) is 5.41 Å². The maximum Gasteiger partial charge on any atom is 0.257 e. The van der Waals surface area contributed by atoms with Crippen LogP contribution in [0.15, 0.2) is 16.7 Å². The summed E-state index contributed by atoms with van der Waals surface area (Å²) in [6.45, 7) is 8.93. The molecule has 1 N–H and O–H groups in total. The number of rotatable bonds is 3. The number of hydrogen-bond donors (Lipinski definition) is 1. The molecule has 0 unspecified atom stereocenters. The van der Waals surface area contributed by atoms with Crippen LogP contribution in [0.2, 0.25) is 0 Å². The van der Waals surface area contributed by atoms with E-state index in [2.05, 4.69) is 40.1 Å². The van der Waals surface area contributed by atoms with Gasteiger partial charge in [0.05, 0.1) is 5.56 Å². The van der Waals surface area contributed by atoms with Crippen LogP contribution in [0.25, 0.3) is 0 Å². The Bertz CT molecular complexity index is 492. The molecule has 20 heavy (non-hydrogen) atoms. The Labute approximate surface area is 129 Å². The number of amides is 1. The molecular weight excluding hydrogens is 318 g/mol. The zero-order valence-electron chi connectivity index (χ0n) is 12.4. The molecule has 5 heteroatoms. The Morgan fingerprint density at radius 1 is 1.45 bits per heavy atom. The fourth-order valence-corrected chi connectivity index (χ4v) is 2.73. The summed E-state index contributed by atoms with van der Waals surface area (Å²) in [6.07, 6.45) is 3.82. The highest BCUT2D eigenvalue weighted by molar-refractivity contribution is 9.10. The number of carbonyl (C=O) groups is 1. The number of halogens is 1. The van der Waals surface area contributed by atoms with Crippen LogP contribution in [0.5, 0.6) is 0 Å². The summed E-state index contributed by atoms with van der Waals surface area (Å²) >= 11 is 3.40. The van der Waals surface area contributed by atoms with Gasteiger partial charge in [-0.05, 0) is 47.2 Å². The highest BCUT2D eigenvalue weighted by Gasteiger charge is 2.29. The van der Waals surface area contributed by atoms with Gasteiger partial charge in [-0.15, -0.1) is 0 Å². The number of pyridine rings is 1. The second-order valence-electron chi connectivity index (χ2n) is 6.04. The standard InChI is InChI=1S/C15H22BrN3O/c1-4-17-13-12(9-11(16)10-18-13)14(20)19-7-5-15(2,3)6-8-19/h9-10H,4-8H2,1-3H3,(H,17,18). The van der Waals surface area contributed by atoms with Gasteiger partial charge in [0.1, 0.15) is 5.82 Å². The first kappa shape index (κ1) is 15.3. The number of aromatic nitrogens is 1. The number of likely N-dealkylation sites (tertiary alicyclic amines) is 1. The molecule has 4 nitrogen and oxygen atoms in total. The van der Waals surface area contributed by atoms with E-state index < -0.39 is 0 Å². The van der Waals surface area contributed by atoms with Gasteiger partial charge in [0.2, 0.25) is 0 Å². The molecule has 1 aliphatic heterocycles. The number of anilines is 1. The molecule has 0 bridgehead atoms. The highest BCUT2D eigenvalue weighted by Crippen LogP contribution is 2.31. The molecule has 0 aliphatic carbocycles. The molecule has 110 valence electrons. The van der Waals surface area contributed by atoms with Gasteiger partial charge in [0.15, 0.2) is 0 Å². The van der Waals surface area contributed by atoms with Crippen molar-refractivity contribution in [3.05, 3.63) is 22.3 Å². The van der Waals surface area contributed by atoms with E-state index in [0.717, 1.165) is 36.9 Å². The van der Waals surface area contributed by atoms with Crippen molar-refractivity contribution in [1.82, 2.24) is 9.88 Å². The van der Waals surface area contributed by atoms with E-state index in [1.54, 1.807) is 6.20 Å². The van der Waals surface area contributed by atoms with E-state index in [1.165, 1.54) is 0 Å². The average Bonchev–Trinajstić information content (AvgIpc) is 2.40. The van der Waals surface area contributed by atoms with E-state index in [4.69, 9.17) is 0 Å². The van der Waals surface area contributed by atoms with E-state index in [-0.39, 0.29) is 5.91 Å². The Morgan fingerprint density at radius 2 is 2.10 bits per heavy atom. The molecular formula is C15H22BrN3O. The number of nitrogens with one attached hydrogen (secondary N) is 1. The fraction of sp³-hybridized carbons (Fsp3) is 0.600. The third-order valence-corrected chi connectivity index (χ3v) is 4.27. The average molecular weight is 340 g/mol. The van der Waals surface area contributed by atoms with E-state index in [9.17, 15) is 4.79 Å². The molecule has 2 heterocycles. The smallest absolute Gasteiger partial charge is 0.257 e. The van der Waals surface area contributed by atoms with Crippen molar-refractivity contribution in [2.45, 2.75) is 33.6 Å². The van der Waals surface area contributed by atoms with Crippen molar-refractivity contribution < 1.29 is 4.79 Å². The van der Waals surface area contributed by atoms with Gasteiger partial charge in [0, 0.05) is 30.3 Å². The van der Waals surface area contributed by atoms with Gasteiger partial charge in [-0.3, -0.25) is 4.79 Å².